The number of ether oxygens (including phenoxy) is 2. The lowest BCUT2D eigenvalue weighted by Crippen LogP contribution is -2.13. The van der Waals surface area contributed by atoms with Crippen molar-refractivity contribution in [3.05, 3.63) is 89.4 Å². The molecule has 0 aliphatic carbocycles. The summed E-state index contributed by atoms with van der Waals surface area (Å²) in [5, 5.41) is 4.44. The molecule has 2 heterocycles. The number of aryl methyl sites for hydroxylation is 1. The van der Waals surface area contributed by atoms with Gasteiger partial charge in [-0.15, -0.1) is 11.3 Å². The third-order valence-corrected chi connectivity index (χ3v) is 7.47. The minimum Gasteiger partial charge on any atom is -0.493 e. The highest BCUT2D eigenvalue weighted by Crippen LogP contribution is 2.31. The molecule has 0 aliphatic rings. The number of anilines is 2. The first-order valence-electron chi connectivity index (χ1n) is 10.1. The second-order valence-electron chi connectivity index (χ2n) is 7.21. The van der Waals surface area contributed by atoms with Crippen LogP contribution in [0.4, 0.5) is 11.4 Å². The summed E-state index contributed by atoms with van der Waals surface area (Å²) in [5.41, 5.74) is 2.25. The molecule has 0 radical (unpaired) electrons. The zero-order valence-electron chi connectivity index (χ0n) is 18.3. The molecule has 1 amide bonds. The van der Waals surface area contributed by atoms with Crippen molar-refractivity contribution in [2.24, 2.45) is 0 Å². The maximum Gasteiger partial charge on any atom is 0.271 e. The van der Waals surface area contributed by atoms with Gasteiger partial charge in [-0.2, -0.15) is 0 Å². The van der Waals surface area contributed by atoms with Gasteiger partial charge in [0.25, 0.3) is 15.9 Å². The number of thiophene rings is 1. The van der Waals surface area contributed by atoms with E-state index in [1.807, 2.05) is 19.1 Å². The number of methoxy groups -OCH3 is 1. The fourth-order valence-corrected chi connectivity index (χ4v) is 5.05. The van der Waals surface area contributed by atoms with Gasteiger partial charge in [-0.05, 0) is 66.4 Å². The summed E-state index contributed by atoms with van der Waals surface area (Å²) in [4.78, 5) is 16.8. The fraction of sp³-hybridized carbons (Fsp3) is 0.0833. The minimum atomic E-state index is -3.65. The number of rotatable bonds is 8. The highest BCUT2D eigenvalue weighted by atomic mass is 32.2. The van der Waals surface area contributed by atoms with E-state index in [1.165, 1.54) is 36.5 Å². The summed E-state index contributed by atoms with van der Waals surface area (Å²) in [6.45, 7) is 1.96. The number of pyridine rings is 1. The Balaban J connectivity index is 1.38. The molecule has 0 saturated carbocycles. The van der Waals surface area contributed by atoms with E-state index in [1.54, 1.807) is 36.8 Å². The third-order valence-electron chi connectivity index (χ3n) is 4.69. The van der Waals surface area contributed by atoms with Crippen LogP contribution in [0.2, 0.25) is 0 Å². The summed E-state index contributed by atoms with van der Waals surface area (Å²) in [5.74, 6) is 1.12. The number of amides is 1. The van der Waals surface area contributed by atoms with Crippen LogP contribution in [0.25, 0.3) is 0 Å². The quantitative estimate of drug-likeness (QED) is 0.343. The smallest absolute Gasteiger partial charge is 0.271 e. The van der Waals surface area contributed by atoms with Crippen molar-refractivity contribution in [1.82, 2.24) is 4.98 Å². The first-order valence-corrected chi connectivity index (χ1v) is 12.5. The standard InChI is InChI=1S/C24H21N3O5S2/c1-16-5-11-20(21(14-16)31-2)32-22-12-10-19(15-25-22)26-24(28)17-6-8-18(9-7-17)27-34(29,30)23-4-3-13-33-23/h3-15,27H,1-2H3,(H,26,28). The number of hydrogen-bond donors (Lipinski definition) is 2. The molecule has 0 saturated heterocycles. The van der Waals surface area contributed by atoms with Crippen LogP contribution in [0.5, 0.6) is 17.4 Å². The first-order chi connectivity index (χ1) is 16.3. The van der Waals surface area contributed by atoms with Gasteiger partial charge in [0.1, 0.15) is 4.21 Å². The maximum absolute atomic E-state index is 12.6. The van der Waals surface area contributed by atoms with Gasteiger partial charge in [0.15, 0.2) is 11.5 Å². The summed E-state index contributed by atoms with van der Waals surface area (Å²) < 4.78 is 38.4. The lowest BCUT2D eigenvalue weighted by Gasteiger charge is -2.11. The van der Waals surface area contributed by atoms with Crippen LogP contribution in [-0.2, 0) is 10.0 Å². The second-order valence-corrected chi connectivity index (χ2v) is 10.1. The Bertz CT molecular complexity index is 1390. The molecule has 0 spiro atoms. The van der Waals surface area contributed by atoms with Gasteiger partial charge in [0, 0.05) is 17.3 Å². The molecule has 2 aromatic carbocycles. The Morgan fingerprint density at radius 2 is 1.74 bits per heavy atom. The molecule has 10 heteroatoms. The minimum absolute atomic E-state index is 0.218. The Morgan fingerprint density at radius 1 is 0.971 bits per heavy atom. The first kappa shape index (κ1) is 23.3. The van der Waals surface area contributed by atoms with Crippen LogP contribution in [0.3, 0.4) is 0 Å². The molecule has 4 rings (SSSR count). The molecule has 0 bridgehead atoms. The molecule has 0 unspecified atom stereocenters. The number of carbonyl (C=O) groups is 1. The van der Waals surface area contributed by atoms with E-state index in [-0.39, 0.29) is 10.1 Å². The van der Waals surface area contributed by atoms with Gasteiger partial charge in [0.2, 0.25) is 5.88 Å². The van der Waals surface area contributed by atoms with E-state index in [0.717, 1.165) is 16.9 Å². The Labute approximate surface area is 201 Å². The van der Waals surface area contributed by atoms with Crippen molar-refractivity contribution in [3.63, 3.8) is 0 Å². The van der Waals surface area contributed by atoms with E-state index in [4.69, 9.17) is 9.47 Å². The van der Waals surface area contributed by atoms with Crippen molar-refractivity contribution in [2.45, 2.75) is 11.1 Å². The van der Waals surface area contributed by atoms with Crippen molar-refractivity contribution in [1.29, 1.82) is 0 Å². The fourth-order valence-electron chi connectivity index (χ4n) is 3.00. The Kier molecular flexibility index (Phi) is 6.80. The van der Waals surface area contributed by atoms with Crippen LogP contribution >= 0.6 is 11.3 Å². The highest BCUT2D eigenvalue weighted by Gasteiger charge is 2.15. The van der Waals surface area contributed by atoms with Crippen molar-refractivity contribution < 1.29 is 22.7 Å². The van der Waals surface area contributed by atoms with Crippen LogP contribution < -0.4 is 19.5 Å². The number of nitrogens with one attached hydrogen (secondary N) is 2. The van der Waals surface area contributed by atoms with Gasteiger partial charge in [-0.1, -0.05) is 12.1 Å². The van der Waals surface area contributed by atoms with E-state index < -0.39 is 10.0 Å². The van der Waals surface area contributed by atoms with Crippen molar-refractivity contribution >= 4 is 38.6 Å². The SMILES string of the molecule is COc1cc(C)ccc1Oc1ccc(NC(=O)c2ccc(NS(=O)(=O)c3cccs3)cc2)cn1. The summed E-state index contributed by atoms with van der Waals surface area (Å²) in [7, 11) is -2.08. The van der Waals surface area contributed by atoms with Crippen molar-refractivity contribution in [3.8, 4) is 17.4 Å². The predicted octanol–water partition coefficient (Wildman–Crippen LogP) is 5.31. The number of hydrogen-bond acceptors (Lipinski definition) is 7. The number of nitrogens with zero attached hydrogens (tertiary/aromatic N) is 1. The zero-order valence-corrected chi connectivity index (χ0v) is 19.9. The molecular weight excluding hydrogens is 474 g/mol. The summed E-state index contributed by atoms with van der Waals surface area (Å²) in [6.07, 6.45) is 1.48. The average molecular weight is 496 g/mol. The normalized spacial score (nSPS) is 11.0. The van der Waals surface area contributed by atoms with Gasteiger partial charge >= 0.3 is 0 Å². The largest absolute Gasteiger partial charge is 0.493 e. The van der Waals surface area contributed by atoms with Crippen LogP contribution in [0, 0.1) is 6.92 Å². The maximum atomic E-state index is 12.6. The molecular formula is C24H21N3O5S2. The highest BCUT2D eigenvalue weighted by molar-refractivity contribution is 7.94. The number of benzene rings is 2. The molecule has 0 atom stereocenters. The topological polar surface area (TPSA) is 107 Å². The molecule has 174 valence electrons. The molecule has 34 heavy (non-hydrogen) atoms. The molecule has 0 aliphatic heterocycles. The monoisotopic (exact) mass is 495 g/mol. The Hall–Kier alpha value is -3.89. The average Bonchev–Trinajstić information content (AvgIpc) is 3.38. The predicted molar refractivity (Wildman–Crippen MR) is 132 cm³/mol. The lowest BCUT2D eigenvalue weighted by molar-refractivity contribution is 0.102. The Morgan fingerprint density at radius 3 is 2.38 bits per heavy atom. The van der Waals surface area contributed by atoms with E-state index >= 15 is 0 Å². The molecule has 8 nitrogen and oxygen atoms in total. The van der Waals surface area contributed by atoms with Gasteiger partial charge in [-0.3, -0.25) is 9.52 Å². The molecule has 2 N–H and O–H groups in total. The van der Waals surface area contributed by atoms with Crippen molar-refractivity contribution in [2.75, 3.05) is 17.1 Å². The molecule has 0 fully saturated rings. The van der Waals surface area contributed by atoms with Gasteiger partial charge in [-0.25, -0.2) is 13.4 Å². The van der Waals surface area contributed by atoms with Gasteiger partial charge < -0.3 is 14.8 Å². The number of carbonyl (C=O) groups excluding carboxylic acids is 1. The van der Waals surface area contributed by atoms with Crippen LogP contribution in [0.1, 0.15) is 15.9 Å². The summed E-state index contributed by atoms with van der Waals surface area (Å²) in [6, 6.07) is 18.2. The number of aromatic nitrogens is 1. The van der Waals surface area contributed by atoms with E-state index in [2.05, 4.69) is 15.0 Å². The zero-order chi connectivity index (χ0) is 24.1. The second kappa shape index (κ2) is 9.94. The number of sulfonamides is 1. The molecule has 4 aromatic rings. The van der Waals surface area contributed by atoms with Crippen LogP contribution in [-0.4, -0.2) is 26.4 Å². The van der Waals surface area contributed by atoms with Gasteiger partial charge in [0.05, 0.1) is 19.0 Å². The van der Waals surface area contributed by atoms with Crippen LogP contribution in [0.15, 0.2) is 82.5 Å². The van der Waals surface area contributed by atoms with E-state index in [0.29, 0.717) is 34.3 Å². The summed E-state index contributed by atoms with van der Waals surface area (Å²) >= 11 is 1.13. The van der Waals surface area contributed by atoms with E-state index in [9.17, 15) is 13.2 Å². The third kappa shape index (κ3) is 5.53. The molecule has 2 aromatic heterocycles. The lowest BCUT2D eigenvalue weighted by atomic mass is 10.2.